The second-order valence-corrected chi connectivity index (χ2v) is 12.0. The quantitative estimate of drug-likeness (QED) is 0.0347. The number of hydrogen-bond donors (Lipinski definition) is 8. The summed E-state index contributed by atoms with van der Waals surface area (Å²) in [6.07, 6.45) is -5.96. The van der Waals surface area contributed by atoms with Crippen LogP contribution in [-0.4, -0.2) is 190 Å². The molecular formula is C29H51N3O16. The highest BCUT2D eigenvalue weighted by Gasteiger charge is 2.91. The Balaban J connectivity index is 0.921. The van der Waals surface area contributed by atoms with Crippen molar-refractivity contribution in [1.82, 2.24) is 16.0 Å². The molecule has 0 spiro atoms. The molecule has 0 aromatic rings. The summed E-state index contributed by atoms with van der Waals surface area (Å²) in [6, 6.07) is -0.999. The maximum atomic E-state index is 11.8. The summed E-state index contributed by atoms with van der Waals surface area (Å²) >= 11 is 0. The van der Waals surface area contributed by atoms with Crippen LogP contribution in [0, 0.1) is 0 Å². The molecule has 3 saturated heterocycles. The lowest BCUT2D eigenvalue weighted by molar-refractivity contribution is -0.409. The van der Waals surface area contributed by atoms with Crippen LogP contribution in [0.3, 0.4) is 0 Å². The molecule has 0 aromatic heterocycles. The van der Waals surface area contributed by atoms with Crippen molar-refractivity contribution in [2.45, 2.75) is 80.2 Å². The molecule has 4 fully saturated rings. The number of aliphatic hydroxyl groups excluding tert-OH is 4. The molecule has 0 bridgehead atoms. The summed E-state index contributed by atoms with van der Waals surface area (Å²) in [5.74, 6) is -2.39. The third-order valence-corrected chi connectivity index (χ3v) is 8.69. The number of ether oxygens (including phenoxy) is 9. The number of aliphatic hydroxyl groups is 5. The van der Waals surface area contributed by atoms with Crippen LogP contribution in [0.1, 0.15) is 20.3 Å². The molecule has 0 aromatic carbocycles. The Labute approximate surface area is 278 Å². The molecule has 19 heteroatoms. The number of amides is 2. The van der Waals surface area contributed by atoms with Gasteiger partial charge in [-0.2, -0.15) is 0 Å². The van der Waals surface area contributed by atoms with Gasteiger partial charge in [0, 0.05) is 33.4 Å². The standard InChI is InChI=1S/C29H51N3O16/c1-18(35)31-22-24(38)23(37)20(16-33)46-25(22)44-13-11-42-9-7-40-5-3-30-4-6-41-8-10-43-12-14-45-26-27(32-19(2)36)15-21-29(39,47-21)28(27,17-34)48-26/h20-26,30,33-34,37-39H,3-17H2,1-2H3,(H,31,35)(H,32,36)/t20?,21?,22?,23-,24?,25+,26+,27?,28?,29-/m0/s1. The fraction of sp³-hybridized carbons (Fsp3) is 0.931. The summed E-state index contributed by atoms with van der Waals surface area (Å²) in [5, 5.41) is 58.7. The van der Waals surface area contributed by atoms with E-state index in [0.29, 0.717) is 52.7 Å². The molecule has 0 radical (unpaired) electrons. The molecule has 2 amide bonds. The maximum Gasteiger partial charge on any atom is 0.228 e. The third kappa shape index (κ3) is 8.79. The van der Waals surface area contributed by atoms with E-state index in [9.17, 15) is 35.1 Å². The van der Waals surface area contributed by atoms with Gasteiger partial charge in [0.15, 0.2) is 18.2 Å². The number of rotatable bonds is 24. The molecule has 3 heterocycles. The zero-order valence-electron chi connectivity index (χ0n) is 27.4. The van der Waals surface area contributed by atoms with Crippen molar-refractivity contribution in [3.8, 4) is 0 Å². The normalized spacial score (nSPS) is 36.6. The van der Waals surface area contributed by atoms with Gasteiger partial charge in [-0.15, -0.1) is 0 Å². The van der Waals surface area contributed by atoms with E-state index in [1.807, 2.05) is 0 Å². The van der Waals surface area contributed by atoms with Gasteiger partial charge in [0.1, 0.15) is 36.0 Å². The molecule has 10 atom stereocenters. The summed E-state index contributed by atoms with van der Waals surface area (Å²) < 4.78 is 49.9. The largest absolute Gasteiger partial charge is 0.394 e. The SMILES string of the molecule is CC(=O)NC1C(O)[C@@H](O)C(CO)O[C@H]1OCCOCCOCCNCCOCCOCCO[C@@H]1OC2(CO)C1(NC(C)=O)CC1O[C@@]12O. The van der Waals surface area contributed by atoms with Crippen molar-refractivity contribution in [3.63, 3.8) is 0 Å². The van der Waals surface area contributed by atoms with Gasteiger partial charge in [-0.05, 0) is 0 Å². The second-order valence-electron chi connectivity index (χ2n) is 12.0. The minimum absolute atomic E-state index is 0.0898. The third-order valence-electron chi connectivity index (χ3n) is 8.69. The van der Waals surface area contributed by atoms with Crippen LogP contribution in [0.25, 0.3) is 0 Å². The molecule has 278 valence electrons. The van der Waals surface area contributed by atoms with Gasteiger partial charge in [-0.25, -0.2) is 0 Å². The lowest BCUT2D eigenvalue weighted by Gasteiger charge is -2.60. The van der Waals surface area contributed by atoms with Gasteiger partial charge >= 0.3 is 0 Å². The molecule has 6 unspecified atom stereocenters. The van der Waals surface area contributed by atoms with E-state index < -0.39 is 79.1 Å². The van der Waals surface area contributed by atoms with Crippen molar-refractivity contribution in [2.75, 3.05) is 92.4 Å². The number of epoxide rings is 1. The van der Waals surface area contributed by atoms with E-state index in [4.69, 9.17) is 42.6 Å². The van der Waals surface area contributed by atoms with Crippen LogP contribution in [-0.2, 0) is 52.2 Å². The zero-order valence-corrected chi connectivity index (χ0v) is 27.4. The lowest BCUT2D eigenvalue weighted by Crippen LogP contribution is -2.84. The van der Waals surface area contributed by atoms with E-state index in [0.717, 1.165) is 0 Å². The first-order valence-electron chi connectivity index (χ1n) is 16.2. The van der Waals surface area contributed by atoms with Crippen LogP contribution in [0.5, 0.6) is 0 Å². The highest BCUT2D eigenvalue weighted by atomic mass is 16.8. The fourth-order valence-corrected chi connectivity index (χ4v) is 6.30. The van der Waals surface area contributed by atoms with Gasteiger partial charge in [0.2, 0.25) is 17.6 Å². The lowest BCUT2D eigenvalue weighted by atomic mass is 9.74. The molecule has 19 nitrogen and oxygen atoms in total. The summed E-state index contributed by atoms with van der Waals surface area (Å²) in [5.41, 5.74) is -2.53. The number of carbonyl (C=O) groups is 2. The number of carbonyl (C=O) groups excluding carboxylic acids is 2. The van der Waals surface area contributed by atoms with Crippen LogP contribution in [0.4, 0.5) is 0 Å². The first-order valence-corrected chi connectivity index (χ1v) is 16.2. The highest BCUT2D eigenvalue weighted by molar-refractivity contribution is 5.75. The van der Waals surface area contributed by atoms with E-state index >= 15 is 0 Å². The summed E-state index contributed by atoms with van der Waals surface area (Å²) in [4.78, 5) is 23.3. The first-order chi connectivity index (χ1) is 23.0. The van der Waals surface area contributed by atoms with Crippen molar-refractivity contribution in [3.05, 3.63) is 0 Å². The van der Waals surface area contributed by atoms with Crippen molar-refractivity contribution >= 4 is 11.8 Å². The Morgan fingerprint density at radius 2 is 1.38 bits per heavy atom. The van der Waals surface area contributed by atoms with Crippen LogP contribution in [0.15, 0.2) is 0 Å². The molecule has 48 heavy (non-hydrogen) atoms. The van der Waals surface area contributed by atoms with Gasteiger partial charge < -0.3 is 84.1 Å². The monoisotopic (exact) mass is 697 g/mol. The smallest absolute Gasteiger partial charge is 0.228 e. The van der Waals surface area contributed by atoms with Crippen molar-refractivity contribution < 1.29 is 77.8 Å². The highest BCUT2D eigenvalue weighted by Crippen LogP contribution is 2.67. The molecule has 8 N–H and O–H groups in total. The topological polar surface area (TPSA) is 258 Å². The van der Waals surface area contributed by atoms with E-state index in [1.165, 1.54) is 13.8 Å². The van der Waals surface area contributed by atoms with Gasteiger partial charge in [0.05, 0.1) is 79.3 Å². The van der Waals surface area contributed by atoms with Crippen LogP contribution >= 0.6 is 0 Å². The molecule has 1 aliphatic carbocycles. The first kappa shape index (κ1) is 39.1. The molecule has 1 saturated carbocycles. The minimum Gasteiger partial charge on any atom is -0.394 e. The van der Waals surface area contributed by atoms with Crippen LogP contribution in [0.2, 0.25) is 0 Å². The fourth-order valence-electron chi connectivity index (χ4n) is 6.30. The Bertz CT molecular complexity index is 1030. The predicted molar refractivity (Wildman–Crippen MR) is 159 cm³/mol. The van der Waals surface area contributed by atoms with Crippen molar-refractivity contribution in [2.24, 2.45) is 0 Å². The average molecular weight is 698 g/mol. The molecule has 4 aliphatic rings. The summed E-state index contributed by atoms with van der Waals surface area (Å²) in [6.45, 7) is 5.94. The Kier molecular flexibility index (Phi) is 14.7. The van der Waals surface area contributed by atoms with E-state index in [-0.39, 0.29) is 38.8 Å². The van der Waals surface area contributed by atoms with Crippen LogP contribution < -0.4 is 16.0 Å². The van der Waals surface area contributed by atoms with Crippen molar-refractivity contribution in [1.29, 1.82) is 0 Å². The van der Waals surface area contributed by atoms with Gasteiger partial charge in [-0.3, -0.25) is 9.59 Å². The molecule has 3 aliphatic heterocycles. The average Bonchev–Trinajstić information content (AvgIpc) is 3.67. The predicted octanol–water partition coefficient (Wildman–Crippen LogP) is -4.93. The Morgan fingerprint density at radius 3 is 1.94 bits per heavy atom. The Hall–Kier alpha value is -1.66. The van der Waals surface area contributed by atoms with Gasteiger partial charge in [-0.1, -0.05) is 0 Å². The second kappa shape index (κ2) is 18.0. The Morgan fingerprint density at radius 1 is 0.792 bits per heavy atom. The number of fused-ring (bicyclic) bond motifs is 3. The minimum atomic E-state index is -1.63. The molecule has 4 rings (SSSR count). The van der Waals surface area contributed by atoms with E-state index in [1.54, 1.807) is 0 Å². The summed E-state index contributed by atoms with van der Waals surface area (Å²) in [7, 11) is 0. The number of nitrogens with one attached hydrogen (secondary N) is 3. The van der Waals surface area contributed by atoms with E-state index in [2.05, 4.69) is 16.0 Å². The maximum absolute atomic E-state index is 11.8. The number of hydrogen-bond acceptors (Lipinski definition) is 17. The molecular weight excluding hydrogens is 646 g/mol. The van der Waals surface area contributed by atoms with Gasteiger partial charge in [0.25, 0.3) is 0 Å². The zero-order chi connectivity index (χ0) is 34.8.